The van der Waals surface area contributed by atoms with E-state index in [1.54, 1.807) is 0 Å². The predicted molar refractivity (Wildman–Crippen MR) is 32.9 cm³/mol. The van der Waals surface area contributed by atoms with Crippen LogP contribution in [0.15, 0.2) is 0 Å². The highest BCUT2D eigenvalue weighted by atomic mass is 13.9. The van der Waals surface area contributed by atoms with Crippen LogP contribution in [0.4, 0.5) is 0 Å². The first-order valence-electron chi connectivity index (χ1n) is 2.81. The third-order valence-electron chi connectivity index (χ3n) is 1.39. The summed E-state index contributed by atoms with van der Waals surface area (Å²) >= 11 is 0. The fourth-order valence-corrected chi connectivity index (χ4v) is 0.289. The molecule has 1 heteroatoms. The molecule has 0 heterocycles. The molecule has 0 saturated heterocycles. The lowest BCUT2D eigenvalue weighted by molar-refractivity contribution is 0.768. The highest BCUT2D eigenvalue weighted by Gasteiger charge is 1.89. The van der Waals surface area contributed by atoms with Crippen molar-refractivity contribution in [3.05, 3.63) is 0 Å². The molecule has 0 aliphatic heterocycles. The van der Waals surface area contributed by atoms with Crippen LogP contribution in [-0.2, 0) is 0 Å². The van der Waals surface area contributed by atoms with Crippen molar-refractivity contribution in [2.24, 2.45) is 0 Å². The van der Waals surface area contributed by atoms with Crippen LogP contribution in [0.5, 0.6) is 0 Å². The summed E-state index contributed by atoms with van der Waals surface area (Å²) in [6, 6.07) is 0. The van der Waals surface area contributed by atoms with Gasteiger partial charge in [0, 0.05) is 0 Å². The minimum atomic E-state index is 0.935. The molecular formula is C5H13B. The van der Waals surface area contributed by atoms with Crippen molar-refractivity contribution in [3.8, 4) is 0 Å². The molecule has 0 atom stereocenters. The second-order valence-electron chi connectivity index (χ2n) is 1.92. The first-order chi connectivity index (χ1) is 2.81. The number of rotatable bonds is 2. The van der Waals surface area contributed by atoms with Crippen molar-refractivity contribution in [1.82, 2.24) is 0 Å². The first-order valence-corrected chi connectivity index (χ1v) is 2.81. The molecule has 0 amide bonds. The molecule has 0 aromatic rings. The molecule has 0 aliphatic rings. The van der Waals surface area contributed by atoms with E-state index < -0.39 is 0 Å². The minimum absolute atomic E-state index is 0.935. The van der Waals surface area contributed by atoms with E-state index in [9.17, 15) is 0 Å². The molecule has 0 spiro atoms. The SMILES string of the molecule is BC(CC)CC. The summed E-state index contributed by atoms with van der Waals surface area (Å²) in [4.78, 5) is 0. The van der Waals surface area contributed by atoms with Crippen LogP contribution in [0.1, 0.15) is 26.7 Å². The summed E-state index contributed by atoms with van der Waals surface area (Å²) in [7, 11) is 2.28. The molecule has 0 aliphatic carbocycles. The van der Waals surface area contributed by atoms with Gasteiger partial charge in [0.05, 0.1) is 0 Å². The molecule has 0 nitrogen and oxygen atoms in total. The van der Waals surface area contributed by atoms with Crippen LogP contribution in [0.25, 0.3) is 0 Å². The normalized spacial score (nSPS) is 9.83. The lowest BCUT2D eigenvalue weighted by atomic mass is 9.83. The smallest absolute Gasteiger partial charge is 0.0702 e. The summed E-state index contributed by atoms with van der Waals surface area (Å²) in [5.74, 6) is 0.935. The van der Waals surface area contributed by atoms with Crippen molar-refractivity contribution in [2.45, 2.75) is 32.5 Å². The summed E-state index contributed by atoms with van der Waals surface area (Å²) in [6.07, 6.45) is 2.66. The van der Waals surface area contributed by atoms with E-state index in [-0.39, 0.29) is 0 Å². The quantitative estimate of drug-likeness (QED) is 0.441. The lowest BCUT2D eigenvalue weighted by Gasteiger charge is -1.98. The Labute approximate surface area is 41.4 Å². The Kier molecular flexibility index (Phi) is 3.30. The highest BCUT2D eigenvalue weighted by Crippen LogP contribution is 2.06. The topological polar surface area (TPSA) is 0 Å². The third kappa shape index (κ3) is 2.31. The maximum Gasteiger partial charge on any atom is 0.105 e. The van der Waals surface area contributed by atoms with Crippen molar-refractivity contribution < 1.29 is 0 Å². The maximum atomic E-state index is 2.28. The van der Waals surface area contributed by atoms with Crippen LogP contribution < -0.4 is 0 Å². The molecule has 0 rings (SSSR count). The van der Waals surface area contributed by atoms with Crippen molar-refractivity contribution in [3.63, 3.8) is 0 Å². The highest BCUT2D eigenvalue weighted by molar-refractivity contribution is 6.11. The van der Waals surface area contributed by atoms with Gasteiger partial charge in [-0.15, -0.1) is 0 Å². The second-order valence-corrected chi connectivity index (χ2v) is 1.92. The summed E-state index contributed by atoms with van der Waals surface area (Å²) in [5.41, 5.74) is 0. The van der Waals surface area contributed by atoms with E-state index >= 15 is 0 Å². The van der Waals surface area contributed by atoms with Gasteiger partial charge in [0.2, 0.25) is 0 Å². The van der Waals surface area contributed by atoms with Gasteiger partial charge in [-0.05, 0) is 0 Å². The van der Waals surface area contributed by atoms with Crippen molar-refractivity contribution in [2.75, 3.05) is 0 Å². The third-order valence-corrected chi connectivity index (χ3v) is 1.39. The molecule has 0 unspecified atom stereocenters. The zero-order chi connectivity index (χ0) is 4.99. The molecule has 0 bridgehead atoms. The second kappa shape index (κ2) is 3.26. The van der Waals surface area contributed by atoms with E-state index in [1.807, 2.05) is 0 Å². The van der Waals surface area contributed by atoms with Crippen molar-refractivity contribution in [1.29, 1.82) is 0 Å². The summed E-state index contributed by atoms with van der Waals surface area (Å²) in [5, 5.41) is 0. The van der Waals surface area contributed by atoms with Crippen LogP contribution >= 0.6 is 0 Å². The van der Waals surface area contributed by atoms with Gasteiger partial charge in [0.15, 0.2) is 0 Å². The molecule has 0 fully saturated rings. The molecule has 6 heavy (non-hydrogen) atoms. The predicted octanol–water partition coefficient (Wildman–Crippen LogP) is 1.23. The standard InChI is InChI=1S/C5H13B/c1-3-5(6)4-2/h5H,3-4,6H2,1-2H3. The Morgan fingerprint density at radius 3 is 1.67 bits per heavy atom. The molecule has 0 N–H and O–H groups in total. The van der Waals surface area contributed by atoms with Crippen LogP contribution in [-0.4, -0.2) is 7.85 Å². The number of hydrogen-bond acceptors (Lipinski definition) is 0. The molecule has 0 aromatic heterocycles. The Balaban J connectivity index is 2.75. The molecule has 0 radical (unpaired) electrons. The molecule has 0 saturated carbocycles. The average molecular weight is 84.0 g/mol. The minimum Gasteiger partial charge on any atom is -0.0702 e. The first kappa shape index (κ1) is 6.06. The van der Waals surface area contributed by atoms with E-state index in [4.69, 9.17) is 0 Å². The summed E-state index contributed by atoms with van der Waals surface area (Å²) in [6.45, 7) is 4.46. The lowest BCUT2D eigenvalue weighted by Crippen LogP contribution is -1.83. The van der Waals surface area contributed by atoms with Crippen LogP contribution in [0.3, 0.4) is 0 Å². The fraction of sp³-hybridized carbons (Fsp3) is 1.00. The van der Waals surface area contributed by atoms with Gasteiger partial charge < -0.3 is 0 Å². The van der Waals surface area contributed by atoms with E-state index in [1.165, 1.54) is 12.8 Å². The van der Waals surface area contributed by atoms with E-state index in [2.05, 4.69) is 21.7 Å². The molecular weight excluding hydrogens is 70.9 g/mol. The van der Waals surface area contributed by atoms with Gasteiger partial charge in [-0.2, -0.15) is 0 Å². The van der Waals surface area contributed by atoms with Crippen LogP contribution in [0.2, 0.25) is 5.82 Å². The van der Waals surface area contributed by atoms with Gasteiger partial charge in [0.1, 0.15) is 7.85 Å². The maximum absolute atomic E-state index is 2.28. The Morgan fingerprint density at radius 2 is 1.67 bits per heavy atom. The fourth-order valence-electron chi connectivity index (χ4n) is 0.289. The Morgan fingerprint density at radius 1 is 1.33 bits per heavy atom. The zero-order valence-corrected chi connectivity index (χ0v) is 4.99. The van der Waals surface area contributed by atoms with Gasteiger partial charge >= 0.3 is 0 Å². The van der Waals surface area contributed by atoms with Gasteiger partial charge in [-0.1, -0.05) is 32.5 Å². The average Bonchev–Trinajstić information content (AvgIpc) is 1.65. The number of hydrogen-bond donors (Lipinski definition) is 0. The monoisotopic (exact) mass is 84.1 g/mol. The molecule has 0 aromatic carbocycles. The van der Waals surface area contributed by atoms with Gasteiger partial charge in [0.25, 0.3) is 0 Å². The Hall–Kier alpha value is 0.0649. The summed E-state index contributed by atoms with van der Waals surface area (Å²) < 4.78 is 0. The van der Waals surface area contributed by atoms with Gasteiger partial charge in [-0.25, -0.2) is 0 Å². The zero-order valence-electron chi connectivity index (χ0n) is 4.99. The molecule has 36 valence electrons. The van der Waals surface area contributed by atoms with E-state index in [0.29, 0.717) is 0 Å². The van der Waals surface area contributed by atoms with Crippen molar-refractivity contribution >= 4 is 7.85 Å². The Bertz CT molecular complexity index is 23.1. The van der Waals surface area contributed by atoms with Crippen LogP contribution in [0, 0.1) is 0 Å². The van der Waals surface area contributed by atoms with E-state index in [0.717, 1.165) is 5.82 Å². The van der Waals surface area contributed by atoms with Gasteiger partial charge in [-0.3, -0.25) is 0 Å². The largest absolute Gasteiger partial charge is 0.105 e.